The zero-order valence-electron chi connectivity index (χ0n) is 27.2. The Balaban J connectivity index is 1.32. The van der Waals surface area contributed by atoms with Crippen LogP contribution >= 0.6 is 11.6 Å². The van der Waals surface area contributed by atoms with Crippen LogP contribution in [0.15, 0.2) is 24.3 Å². The molecular formula is C34H55ClN4O4S. The largest absolute Gasteiger partial charge is 0.376 e. The third-order valence-corrected chi connectivity index (χ3v) is 13.1. The van der Waals surface area contributed by atoms with E-state index >= 15 is 0 Å². The first-order valence-electron chi connectivity index (χ1n) is 17.1. The highest BCUT2D eigenvalue weighted by atomic mass is 35.5. The van der Waals surface area contributed by atoms with E-state index in [0.29, 0.717) is 24.1 Å². The number of piperazine rings is 1. The van der Waals surface area contributed by atoms with Crippen molar-refractivity contribution in [1.82, 2.24) is 20.3 Å². The molecule has 8 nitrogen and oxygen atoms in total. The molecule has 1 saturated carbocycles. The van der Waals surface area contributed by atoms with Crippen molar-refractivity contribution in [2.24, 2.45) is 11.8 Å². The summed E-state index contributed by atoms with van der Waals surface area (Å²) in [5.41, 5.74) is 0.897. The Kier molecular flexibility index (Phi) is 11.4. The molecule has 10 heteroatoms. The normalized spacial score (nSPS) is 33.6. The Labute approximate surface area is 270 Å². The van der Waals surface area contributed by atoms with E-state index in [2.05, 4.69) is 55.8 Å². The maximum atomic E-state index is 14.4. The van der Waals surface area contributed by atoms with Gasteiger partial charge in [-0.2, -0.15) is 4.31 Å². The highest BCUT2D eigenvalue weighted by Gasteiger charge is 2.43. The first kappa shape index (κ1) is 34.1. The molecule has 0 radical (unpaired) electrons. The molecule has 44 heavy (non-hydrogen) atoms. The summed E-state index contributed by atoms with van der Waals surface area (Å²) in [5, 5.41) is 11.6. The van der Waals surface area contributed by atoms with Gasteiger partial charge in [0.2, 0.25) is 15.9 Å². The fraction of sp³-hybridized carbons (Fsp3) is 0.794. The number of nitrogens with one attached hydrogen (secondary N) is 3. The van der Waals surface area contributed by atoms with E-state index in [1.807, 2.05) is 12.1 Å². The molecule has 1 aromatic carbocycles. The molecule has 248 valence electrons. The molecule has 0 aromatic heterocycles. The highest BCUT2D eigenvalue weighted by molar-refractivity contribution is 7.89. The monoisotopic (exact) mass is 650 g/mol. The number of nitrogens with zero attached hydrogens (tertiary/aromatic N) is 1. The average Bonchev–Trinajstić information content (AvgIpc) is 3.38. The molecule has 9 atom stereocenters. The number of carbonyl (C=O) groups excluding carboxylic acids is 1. The predicted molar refractivity (Wildman–Crippen MR) is 177 cm³/mol. The van der Waals surface area contributed by atoms with Crippen LogP contribution in [0.2, 0.25) is 5.02 Å². The molecule has 3 aliphatic heterocycles. The Hall–Kier alpha value is -1.23. The molecule has 2 bridgehead atoms. The molecule has 1 aliphatic carbocycles. The van der Waals surface area contributed by atoms with E-state index in [0.717, 1.165) is 76.3 Å². The Morgan fingerprint density at radius 3 is 2.64 bits per heavy atom. The average molecular weight is 651 g/mol. The summed E-state index contributed by atoms with van der Waals surface area (Å²) < 4.78 is 33.9. The molecule has 5 rings (SSSR count). The number of rotatable bonds is 11. The third-order valence-electron chi connectivity index (χ3n) is 10.8. The van der Waals surface area contributed by atoms with Gasteiger partial charge in [0.1, 0.15) is 0 Å². The van der Waals surface area contributed by atoms with E-state index in [4.69, 9.17) is 16.3 Å². The van der Waals surface area contributed by atoms with Crippen molar-refractivity contribution in [3.63, 3.8) is 0 Å². The number of halogens is 1. The van der Waals surface area contributed by atoms with Crippen LogP contribution in [0.3, 0.4) is 0 Å². The number of ether oxygens (including phenoxy) is 1. The molecular weight excluding hydrogens is 596 g/mol. The van der Waals surface area contributed by atoms with Crippen LogP contribution in [0.5, 0.6) is 0 Å². The summed E-state index contributed by atoms with van der Waals surface area (Å²) in [6.07, 6.45) is 9.24. The number of fused-ring (bicyclic) bond motifs is 2. The minimum Gasteiger partial charge on any atom is -0.376 e. The fourth-order valence-electron chi connectivity index (χ4n) is 8.27. The number of sulfonamides is 1. The fourth-order valence-corrected chi connectivity index (χ4v) is 10.2. The summed E-state index contributed by atoms with van der Waals surface area (Å²) in [5.74, 6) is 0.951. The van der Waals surface area contributed by atoms with Crippen molar-refractivity contribution in [1.29, 1.82) is 0 Å². The SMILES string of the molecule is CCC(C)N[C@H](C(=O)N[C@H]1CCC[C@@H]1CC[C@H]1CN[C@@H]2CCCS(=O)(=O)N1C2)[C@@H](c1ccc(Cl)cc1)C1CCOC(C)(C)C1. The van der Waals surface area contributed by atoms with Gasteiger partial charge < -0.3 is 20.7 Å². The van der Waals surface area contributed by atoms with Crippen LogP contribution in [0.25, 0.3) is 0 Å². The summed E-state index contributed by atoms with van der Waals surface area (Å²) in [7, 11) is -3.20. The van der Waals surface area contributed by atoms with Crippen LogP contribution < -0.4 is 16.0 Å². The van der Waals surface area contributed by atoms with Gasteiger partial charge in [0, 0.05) is 54.8 Å². The van der Waals surface area contributed by atoms with Gasteiger partial charge in [-0.1, -0.05) is 37.1 Å². The second-order valence-electron chi connectivity index (χ2n) is 14.6. The van der Waals surface area contributed by atoms with Crippen molar-refractivity contribution >= 4 is 27.5 Å². The summed E-state index contributed by atoms with van der Waals surface area (Å²) in [6, 6.07) is 8.23. The molecule has 3 saturated heterocycles. The maximum absolute atomic E-state index is 14.4. The zero-order valence-corrected chi connectivity index (χ0v) is 28.8. The molecule has 3 unspecified atom stereocenters. The lowest BCUT2D eigenvalue weighted by Gasteiger charge is -2.43. The number of hydrogen-bond donors (Lipinski definition) is 3. The van der Waals surface area contributed by atoms with E-state index in [9.17, 15) is 13.2 Å². The van der Waals surface area contributed by atoms with Crippen molar-refractivity contribution in [3.05, 3.63) is 34.9 Å². The van der Waals surface area contributed by atoms with Crippen LogP contribution in [-0.4, -0.2) is 79.9 Å². The van der Waals surface area contributed by atoms with E-state index in [1.54, 1.807) is 4.31 Å². The molecule has 3 N–H and O–H groups in total. The minimum absolute atomic E-state index is 0.00252. The van der Waals surface area contributed by atoms with Gasteiger partial charge in [0.15, 0.2) is 0 Å². The molecule has 4 fully saturated rings. The number of amides is 1. The topological polar surface area (TPSA) is 99.8 Å². The van der Waals surface area contributed by atoms with Crippen molar-refractivity contribution in [2.45, 2.75) is 134 Å². The van der Waals surface area contributed by atoms with Gasteiger partial charge in [-0.15, -0.1) is 0 Å². The zero-order chi connectivity index (χ0) is 31.5. The summed E-state index contributed by atoms with van der Waals surface area (Å²) in [6.45, 7) is 10.6. The van der Waals surface area contributed by atoms with Gasteiger partial charge in [0.25, 0.3) is 0 Å². The van der Waals surface area contributed by atoms with Gasteiger partial charge in [-0.05, 0) is 108 Å². The predicted octanol–water partition coefficient (Wildman–Crippen LogP) is 5.22. The van der Waals surface area contributed by atoms with Crippen LogP contribution in [0.4, 0.5) is 0 Å². The van der Waals surface area contributed by atoms with Crippen molar-refractivity contribution < 1.29 is 17.9 Å². The van der Waals surface area contributed by atoms with E-state index < -0.39 is 10.0 Å². The summed E-state index contributed by atoms with van der Waals surface area (Å²) in [4.78, 5) is 14.4. The van der Waals surface area contributed by atoms with Gasteiger partial charge in [0.05, 0.1) is 17.4 Å². The van der Waals surface area contributed by atoms with Crippen LogP contribution in [0.1, 0.15) is 103 Å². The lowest BCUT2D eigenvalue weighted by atomic mass is 9.72. The molecule has 1 amide bonds. The number of benzene rings is 1. The molecule has 0 spiro atoms. The first-order chi connectivity index (χ1) is 21.0. The Bertz CT molecular complexity index is 1210. The van der Waals surface area contributed by atoms with Crippen LogP contribution in [-0.2, 0) is 19.6 Å². The van der Waals surface area contributed by atoms with E-state index in [-0.39, 0.29) is 59.3 Å². The second kappa shape index (κ2) is 14.7. The smallest absolute Gasteiger partial charge is 0.238 e. The highest BCUT2D eigenvalue weighted by Crippen LogP contribution is 2.41. The third kappa shape index (κ3) is 8.37. The second-order valence-corrected chi connectivity index (χ2v) is 17.0. The standard InChI is InChI=1S/C34H55ClN4O4S/c1-5-23(2)37-32(31(25-11-14-27(35)15-12-25)26-17-18-43-34(3,4)20-26)33(40)38-30-10-6-8-24(30)13-16-29-21-36-28-9-7-19-44(41,42)39(29)22-28/h11-12,14-15,23-24,26,28-32,36-37H,5-10,13,16-22H2,1-4H3,(H,38,40)/t23?,24-,26?,28-,29+,30+,31+,32+/m1/s1. The quantitative estimate of drug-likeness (QED) is 0.304. The van der Waals surface area contributed by atoms with E-state index in [1.165, 1.54) is 0 Å². The minimum atomic E-state index is -3.20. The summed E-state index contributed by atoms with van der Waals surface area (Å²) >= 11 is 6.31. The molecule has 3 heterocycles. The maximum Gasteiger partial charge on any atom is 0.238 e. The first-order valence-corrected chi connectivity index (χ1v) is 19.1. The van der Waals surface area contributed by atoms with Crippen LogP contribution in [0, 0.1) is 11.8 Å². The van der Waals surface area contributed by atoms with Crippen molar-refractivity contribution in [2.75, 3.05) is 25.4 Å². The number of hydrogen-bond acceptors (Lipinski definition) is 6. The van der Waals surface area contributed by atoms with Crippen molar-refractivity contribution in [3.8, 4) is 0 Å². The van der Waals surface area contributed by atoms with Gasteiger partial charge in [-0.3, -0.25) is 4.79 Å². The van der Waals surface area contributed by atoms with Gasteiger partial charge >= 0.3 is 0 Å². The lowest BCUT2D eigenvalue weighted by Crippen LogP contribution is -2.57. The Morgan fingerprint density at radius 1 is 1.14 bits per heavy atom. The molecule has 4 aliphatic rings. The van der Waals surface area contributed by atoms with Gasteiger partial charge in [-0.25, -0.2) is 8.42 Å². The Morgan fingerprint density at radius 2 is 1.91 bits per heavy atom. The number of carbonyl (C=O) groups is 1. The molecule has 1 aromatic rings. The lowest BCUT2D eigenvalue weighted by molar-refractivity contribution is -0.127.